The van der Waals surface area contributed by atoms with Crippen LogP contribution in [-0.2, 0) is 6.54 Å². The molecule has 4 aromatic rings. The number of nitrogens with one attached hydrogen (secondary N) is 1. The highest BCUT2D eigenvalue weighted by molar-refractivity contribution is 7.17. The van der Waals surface area contributed by atoms with Crippen molar-refractivity contribution >= 4 is 27.5 Å². The molecule has 158 valence electrons. The Kier molecular flexibility index (Phi) is 5.73. The van der Waals surface area contributed by atoms with E-state index in [1.165, 1.54) is 28.0 Å². The number of rotatable bonds is 7. The number of aromatic amines is 1. The number of carboxylic acids is 1. The fraction of sp³-hybridized carbons (Fsp3) is 0.174. The highest BCUT2D eigenvalue weighted by Gasteiger charge is 2.15. The van der Waals surface area contributed by atoms with Gasteiger partial charge in [0, 0.05) is 17.5 Å². The number of hydrogen-bond acceptors (Lipinski definition) is 5. The van der Waals surface area contributed by atoms with Gasteiger partial charge >= 0.3 is 11.7 Å². The number of nitrogens with zero attached hydrogens (tertiary/aromatic N) is 1. The van der Waals surface area contributed by atoms with Crippen LogP contribution in [0.4, 0.5) is 0 Å². The standard InChI is InChI=1S/C23H20N2O5S/c1-14-3-5-15(6-4-14)18-13-31-20-19(18)21(26)25(23(29)24-20)11-2-12-30-17-9-7-16(8-10-17)22(27)28/h3-10,13H,2,11-12H2,1H3,(H,24,29)(H,27,28). The SMILES string of the molecule is Cc1ccc(-c2csc3[nH]c(=O)n(CCCOc4ccc(C(=O)O)cc4)c(=O)c23)cc1. The molecule has 0 aliphatic heterocycles. The van der Waals surface area contributed by atoms with E-state index in [9.17, 15) is 14.4 Å². The number of hydrogen-bond donors (Lipinski definition) is 2. The van der Waals surface area contributed by atoms with Crippen LogP contribution in [0.2, 0.25) is 0 Å². The van der Waals surface area contributed by atoms with Crippen LogP contribution in [0.1, 0.15) is 22.3 Å². The first-order valence-corrected chi connectivity index (χ1v) is 10.6. The second-order valence-electron chi connectivity index (χ2n) is 7.14. The molecule has 0 aliphatic rings. The lowest BCUT2D eigenvalue weighted by atomic mass is 10.1. The van der Waals surface area contributed by atoms with Crippen LogP contribution in [-0.4, -0.2) is 27.2 Å². The average molecular weight is 436 g/mol. The summed E-state index contributed by atoms with van der Waals surface area (Å²) in [7, 11) is 0. The number of aryl methyl sites for hydroxylation is 1. The molecule has 0 saturated carbocycles. The number of benzene rings is 2. The van der Waals surface area contributed by atoms with Crippen molar-refractivity contribution in [1.29, 1.82) is 0 Å². The monoisotopic (exact) mass is 436 g/mol. The van der Waals surface area contributed by atoms with Crippen molar-refractivity contribution in [2.75, 3.05) is 6.61 Å². The van der Waals surface area contributed by atoms with Gasteiger partial charge in [-0.3, -0.25) is 14.3 Å². The Bertz CT molecular complexity index is 1350. The number of aromatic carboxylic acids is 1. The van der Waals surface area contributed by atoms with Gasteiger partial charge in [-0.15, -0.1) is 11.3 Å². The van der Waals surface area contributed by atoms with Gasteiger partial charge in [-0.25, -0.2) is 9.59 Å². The molecule has 7 nitrogen and oxygen atoms in total. The van der Waals surface area contributed by atoms with Crippen molar-refractivity contribution in [3.05, 3.63) is 85.9 Å². The molecule has 0 spiro atoms. The number of aromatic nitrogens is 2. The molecule has 0 aliphatic carbocycles. The van der Waals surface area contributed by atoms with E-state index in [-0.39, 0.29) is 24.3 Å². The van der Waals surface area contributed by atoms with Crippen LogP contribution >= 0.6 is 11.3 Å². The summed E-state index contributed by atoms with van der Waals surface area (Å²) in [6.45, 7) is 2.49. The molecule has 0 atom stereocenters. The number of ether oxygens (including phenoxy) is 1. The lowest BCUT2D eigenvalue weighted by Crippen LogP contribution is -2.35. The van der Waals surface area contributed by atoms with Gasteiger partial charge in [-0.05, 0) is 43.2 Å². The Labute approximate surface area is 181 Å². The summed E-state index contributed by atoms with van der Waals surface area (Å²) >= 11 is 1.34. The largest absolute Gasteiger partial charge is 0.494 e. The van der Waals surface area contributed by atoms with Crippen molar-refractivity contribution < 1.29 is 14.6 Å². The second kappa shape index (κ2) is 8.61. The maximum absolute atomic E-state index is 13.1. The molecule has 0 fully saturated rings. The van der Waals surface area contributed by atoms with Gasteiger partial charge < -0.3 is 9.84 Å². The van der Waals surface area contributed by atoms with E-state index in [0.717, 1.165) is 16.7 Å². The Morgan fingerprint density at radius 1 is 1.10 bits per heavy atom. The van der Waals surface area contributed by atoms with Crippen LogP contribution in [0.5, 0.6) is 5.75 Å². The van der Waals surface area contributed by atoms with Crippen LogP contribution in [0, 0.1) is 6.92 Å². The number of carboxylic acid groups (broad SMARTS) is 1. The zero-order valence-electron chi connectivity index (χ0n) is 16.8. The molecule has 8 heteroatoms. The predicted octanol–water partition coefficient (Wildman–Crippen LogP) is 3.89. The van der Waals surface area contributed by atoms with Crippen molar-refractivity contribution in [2.24, 2.45) is 0 Å². The first-order chi connectivity index (χ1) is 14.9. The second-order valence-corrected chi connectivity index (χ2v) is 8.02. The summed E-state index contributed by atoms with van der Waals surface area (Å²) in [6, 6.07) is 14.0. The zero-order valence-corrected chi connectivity index (χ0v) is 17.6. The molecular weight excluding hydrogens is 416 g/mol. The van der Waals surface area contributed by atoms with Gasteiger partial charge in [0.2, 0.25) is 0 Å². The molecule has 2 heterocycles. The highest BCUT2D eigenvalue weighted by Crippen LogP contribution is 2.30. The summed E-state index contributed by atoms with van der Waals surface area (Å²) in [4.78, 5) is 39.8. The smallest absolute Gasteiger partial charge is 0.335 e. The van der Waals surface area contributed by atoms with Gasteiger partial charge in [-0.1, -0.05) is 29.8 Å². The third-order valence-electron chi connectivity index (χ3n) is 4.97. The van der Waals surface area contributed by atoms with E-state index in [1.54, 1.807) is 12.1 Å². The summed E-state index contributed by atoms with van der Waals surface area (Å²) < 4.78 is 6.80. The van der Waals surface area contributed by atoms with E-state index in [0.29, 0.717) is 22.4 Å². The van der Waals surface area contributed by atoms with Gasteiger partial charge in [0.05, 0.1) is 17.6 Å². The van der Waals surface area contributed by atoms with Crippen molar-refractivity contribution in [1.82, 2.24) is 9.55 Å². The van der Waals surface area contributed by atoms with Gasteiger partial charge in [-0.2, -0.15) is 0 Å². The topological polar surface area (TPSA) is 101 Å². The van der Waals surface area contributed by atoms with Gasteiger partial charge in [0.15, 0.2) is 0 Å². The predicted molar refractivity (Wildman–Crippen MR) is 120 cm³/mol. The molecule has 4 rings (SSSR count). The molecule has 2 aromatic heterocycles. The van der Waals surface area contributed by atoms with E-state index >= 15 is 0 Å². The Morgan fingerprint density at radius 2 is 1.81 bits per heavy atom. The third-order valence-corrected chi connectivity index (χ3v) is 5.87. The molecular formula is C23H20N2O5S. The minimum absolute atomic E-state index is 0.180. The minimum atomic E-state index is -1.00. The Balaban J connectivity index is 1.52. The lowest BCUT2D eigenvalue weighted by molar-refractivity contribution is 0.0697. The zero-order chi connectivity index (χ0) is 22.0. The minimum Gasteiger partial charge on any atom is -0.494 e. The van der Waals surface area contributed by atoms with Crippen LogP contribution < -0.4 is 16.0 Å². The van der Waals surface area contributed by atoms with Crippen molar-refractivity contribution in [3.8, 4) is 16.9 Å². The van der Waals surface area contributed by atoms with Crippen LogP contribution in [0.3, 0.4) is 0 Å². The van der Waals surface area contributed by atoms with Crippen molar-refractivity contribution in [2.45, 2.75) is 19.9 Å². The lowest BCUT2D eigenvalue weighted by Gasteiger charge is -2.08. The molecule has 2 N–H and O–H groups in total. The van der Waals surface area contributed by atoms with Gasteiger partial charge in [0.25, 0.3) is 5.56 Å². The number of thiophene rings is 1. The number of fused-ring (bicyclic) bond motifs is 1. The molecule has 0 amide bonds. The quantitative estimate of drug-likeness (QED) is 0.428. The van der Waals surface area contributed by atoms with E-state index in [4.69, 9.17) is 9.84 Å². The fourth-order valence-electron chi connectivity index (χ4n) is 3.31. The van der Waals surface area contributed by atoms with Crippen LogP contribution in [0.15, 0.2) is 63.5 Å². The Hall–Kier alpha value is -3.65. The van der Waals surface area contributed by atoms with Crippen LogP contribution in [0.25, 0.3) is 21.3 Å². The Morgan fingerprint density at radius 3 is 2.48 bits per heavy atom. The van der Waals surface area contributed by atoms with Crippen molar-refractivity contribution in [3.63, 3.8) is 0 Å². The molecule has 0 bridgehead atoms. The summed E-state index contributed by atoms with van der Waals surface area (Å²) in [5.74, 6) is -0.472. The molecule has 0 unspecified atom stereocenters. The summed E-state index contributed by atoms with van der Waals surface area (Å²) in [5, 5.41) is 11.3. The summed E-state index contributed by atoms with van der Waals surface area (Å²) in [5.41, 5.74) is 2.29. The highest BCUT2D eigenvalue weighted by atomic mass is 32.1. The van der Waals surface area contributed by atoms with E-state index in [1.807, 2.05) is 36.6 Å². The maximum atomic E-state index is 13.1. The molecule has 0 radical (unpaired) electrons. The van der Waals surface area contributed by atoms with E-state index < -0.39 is 11.7 Å². The van der Waals surface area contributed by atoms with E-state index in [2.05, 4.69) is 4.98 Å². The summed E-state index contributed by atoms with van der Waals surface area (Å²) in [6.07, 6.45) is 0.444. The first kappa shape index (κ1) is 20.6. The average Bonchev–Trinajstić information content (AvgIpc) is 3.17. The molecule has 0 saturated heterocycles. The maximum Gasteiger partial charge on any atom is 0.335 e. The number of carbonyl (C=O) groups is 1. The normalized spacial score (nSPS) is 11.0. The molecule has 2 aromatic carbocycles. The first-order valence-electron chi connectivity index (χ1n) is 9.71. The number of H-pyrrole nitrogens is 1. The molecule has 31 heavy (non-hydrogen) atoms. The third kappa shape index (κ3) is 4.29. The fourth-order valence-corrected chi connectivity index (χ4v) is 4.26. The van der Waals surface area contributed by atoms with Gasteiger partial charge in [0.1, 0.15) is 10.6 Å².